The molecule has 0 saturated heterocycles. The van der Waals surface area contributed by atoms with Crippen molar-refractivity contribution in [3.05, 3.63) is 34.0 Å². The molecule has 1 nitrogen and oxygen atoms in total. The van der Waals surface area contributed by atoms with Gasteiger partial charge in [0.2, 0.25) is 0 Å². The molecule has 0 heterocycles. The molecule has 1 atom stereocenters. The van der Waals surface area contributed by atoms with Crippen molar-refractivity contribution >= 4 is 18.4 Å². The van der Waals surface area contributed by atoms with E-state index in [0.717, 1.165) is 12.8 Å². The summed E-state index contributed by atoms with van der Waals surface area (Å²) in [5.74, 6) is 0. The van der Waals surface area contributed by atoms with E-state index >= 15 is 0 Å². The van der Waals surface area contributed by atoms with E-state index in [4.69, 9.17) is 0 Å². The summed E-state index contributed by atoms with van der Waals surface area (Å²) >= 11 is -2.16. The third kappa shape index (κ3) is 12.9. The van der Waals surface area contributed by atoms with Crippen LogP contribution < -0.4 is 0 Å². The van der Waals surface area contributed by atoms with Gasteiger partial charge >= 0.3 is 163 Å². The number of hydrogen-bond donors (Lipinski definition) is 1. The van der Waals surface area contributed by atoms with Gasteiger partial charge in [-0.3, -0.25) is 0 Å². The van der Waals surface area contributed by atoms with Gasteiger partial charge in [-0.25, -0.2) is 0 Å². The first-order chi connectivity index (χ1) is 12.0. The van der Waals surface area contributed by atoms with Crippen LogP contribution in [0.25, 0.3) is 0 Å². The molecule has 0 unspecified atom stereocenters. The Bertz CT molecular complexity index is 373. The fourth-order valence-corrected chi connectivity index (χ4v) is 17.9. The molecule has 1 N–H and O–H groups in total. The fraction of sp³-hybridized carbons (Fsp3) is 0.739. The Morgan fingerprint density at radius 1 is 0.920 bits per heavy atom. The number of allylic oxidation sites excluding steroid dienone is 3. The van der Waals surface area contributed by atoms with Crippen LogP contribution in [-0.4, -0.2) is 29.6 Å². The minimum absolute atomic E-state index is 0.325. The van der Waals surface area contributed by atoms with E-state index < -0.39 is 18.4 Å². The van der Waals surface area contributed by atoms with Gasteiger partial charge in [-0.05, 0) is 0 Å². The average Bonchev–Trinajstić information content (AvgIpc) is 2.60. The number of aliphatic hydroxyl groups excluding tert-OH is 1. The summed E-state index contributed by atoms with van der Waals surface area (Å²) in [7, 11) is 0. The van der Waals surface area contributed by atoms with Crippen LogP contribution in [0.1, 0.15) is 86.0 Å². The van der Waals surface area contributed by atoms with Gasteiger partial charge in [0, 0.05) is 0 Å². The molecule has 0 aliphatic rings. The van der Waals surface area contributed by atoms with Crippen LogP contribution in [0, 0.1) is 0 Å². The summed E-state index contributed by atoms with van der Waals surface area (Å²) in [4.78, 5) is 0. The van der Waals surface area contributed by atoms with Gasteiger partial charge in [-0.1, -0.05) is 0 Å². The van der Waals surface area contributed by atoms with Crippen molar-refractivity contribution in [1.82, 2.24) is 0 Å². The second-order valence-electron chi connectivity index (χ2n) is 7.66. The van der Waals surface area contributed by atoms with Gasteiger partial charge in [-0.15, -0.1) is 0 Å². The molecule has 0 amide bonds. The van der Waals surface area contributed by atoms with E-state index in [1.807, 2.05) is 13.0 Å². The van der Waals surface area contributed by atoms with Crippen molar-refractivity contribution in [3.63, 3.8) is 0 Å². The van der Waals surface area contributed by atoms with E-state index in [-0.39, 0.29) is 6.10 Å². The summed E-state index contributed by atoms with van der Waals surface area (Å²) in [6.07, 6.45) is 18.2. The maximum atomic E-state index is 10.3. The van der Waals surface area contributed by atoms with Crippen molar-refractivity contribution in [2.75, 3.05) is 0 Å². The molecule has 0 radical (unpaired) electrons. The van der Waals surface area contributed by atoms with E-state index in [0.29, 0.717) is 0 Å². The van der Waals surface area contributed by atoms with Gasteiger partial charge < -0.3 is 0 Å². The summed E-state index contributed by atoms with van der Waals surface area (Å²) in [6, 6.07) is 0. The van der Waals surface area contributed by atoms with Gasteiger partial charge in [0.05, 0.1) is 0 Å². The van der Waals surface area contributed by atoms with Crippen molar-refractivity contribution in [2.45, 2.75) is 105 Å². The molecule has 0 saturated carbocycles. The van der Waals surface area contributed by atoms with E-state index in [1.165, 1.54) is 57.4 Å². The second-order valence-corrected chi connectivity index (χ2v) is 20.7. The predicted molar refractivity (Wildman–Crippen MR) is 118 cm³/mol. The standard InChI is InChI=1S/C11H17O.3C4H9.Sn/c1-4-6-8-10(3)9-11(12)7-5-2;3*1-3-4-2;/h2,4-6,9,11-12H,7-8H2,1,3H3;3*1,3-4H2,2H3;/b5-2?,6-4+,10-9+;;;;/t11-;;;;/m0..../s1. The first-order valence-electron chi connectivity index (χ1n) is 10.7. The molecule has 146 valence electrons. The zero-order valence-corrected chi connectivity index (χ0v) is 20.5. The molecule has 0 aromatic heterocycles. The molecule has 25 heavy (non-hydrogen) atoms. The van der Waals surface area contributed by atoms with Gasteiger partial charge in [0.1, 0.15) is 0 Å². The van der Waals surface area contributed by atoms with Crippen molar-refractivity contribution in [2.24, 2.45) is 0 Å². The molecule has 0 aliphatic heterocycles. The quantitative estimate of drug-likeness (QED) is 0.199. The monoisotopic (exact) mass is 456 g/mol. The summed E-state index contributed by atoms with van der Waals surface area (Å²) < 4.78 is 7.20. The van der Waals surface area contributed by atoms with Gasteiger partial charge in [0.15, 0.2) is 0 Å². The van der Waals surface area contributed by atoms with Crippen molar-refractivity contribution in [1.29, 1.82) is 0 Å². The minimum atomic E-state index is -2.16. The molecule has 0 rings (SSSR count). The van der Waals surface area contributed by atoms with E-state index in [2.05, 4.69) is 50.0 Å². The first kappa shape index (κ1) is 25.0. The van der Waals surface area contributed by atoms with Gasteiger partial charge in [0.25, 0.3) is 0 Å². The van der Waals surface area contributed by atoms with Crippen LogP contribution >= 0.6 is 0 Å². The van der Waals surface area contributed by atoms with Crippen LogP contribution in [0.15, 0.2) is 34.0 Å². The topological polar surface area (TPSA) is 20.2 Å². The van der Waals surface area contributed by atoms with Gasteiger partial charge in [-0.2, -0.15) is 0 Å². The van der Waals surface area contributed by atoms with Crippen LogP contribution in [0.3, 0.4) is 0 Å². The van der Waals surface area contributed by atoms with E-state index in [1.54, 1.807) is 0 Å². The Kier molecular flexibility index (Phi) is 16.2. The third-order valence-electron chi connectivity index (χ3n) is 5.09. The molecule has 0 aliphatic carbocycles. The zero-order chi connectivity index (χ0) is 19.0. The number of rotatable bonds is 15. The van der Waals surface area contributed by atoms with Crippen LogP contribution in [0.2, 0.25) is 13.3 Å². The Balaban J connectivity index is 4.90. The Morgan fingerprint density at radius 3 is 1.88 bits per heavy atom. The van der Waals surface area contributed by atoms with Crippen molar-refractivity contribution < 1.29 is 5.11 Å². The second kappa shape index (κ2) is 16.2. The Hall–Kier alpha value is -0.0213. The molecule has 2 heteroatoms. The molecular weight excluding hydrogens is 411 g/mol. The maximum absolute atomic E-state index is 10.3. The van der Waals surface area contributed by atoms with E-state index in [9.17, 15) is 5.11 Å². The number of unbranched alkanes of at least 4 members (excludes halogenated alkanes) is 3. The average molecular weight is 455 g/mol. The summed E-state index contributed by atoms with van der Waals surface area (Å²) in [5.41, 5.74) is 1.26. The molecule has 0 aromatic rings. The molecule has 0 fully saturated rings. The van der Waals surface area contributed by atoms with Crippen LogP contribution in [0.5, 0.6) is 0 Å². The normalized spacial score (nSPS) is 14.7. The van der Waals surface area contributed by atoms with Crippen molar-refractivity contribution in [3.8, 4) is 0 Å². The first-order valence-corrected chi connectivity index (χ1v) is 18.4. The van der Waals surface area contributed by atoms with Crippen LogP contribution in [0.4, 0.5) is 0 Å². The molecule has 0 bridgehead atoms. The number of hydrogen-bond acceptors (Lipinski definition) is 1. The summed E-state index contributed by atoms with van der Waals surface area (Å²) in [6.45, 7) is 11.1. The SMILES string of the molecule is C/C=C/C/C(C)=C/[C@@H](O)C/C=[CH]/[Sn]([CH2]CCC)([CH2]CCC)[CH2]CCC. The third-order valence-corrected chi connectivity index (χ3v) is 19.3. The molecule has 0 spiro atoms. The Labute approximate surface area is 162 Å². The predicted octanol–water partition coefficient (Wildman–Crippen LogP) is 7.59. The fourth-order valence-electron chi connectivity index (χ4n) is 3.44. The van der Waals surface area contributed by atoms with Crippen LogP contribution in [-0.2, 0) is 0 Å². The Morgan fingerprint density at radius 2 is 1.44 bits per heavy atom. The summed E-state index contributed by atoms with van der Waals surface area (Å²) in [5, 5.41) is 10.3. The molecular formula is C23H44OSn. The number of aliphatic hydroxyl groups is 1. The molecule has 0 aromatic carbocycles. The zero-order valence-electron chi connectivity index (χ0n) is 17.7.